The van der Waals surface area contributed by atoms with Crippen LogP contribution in [0.4, 0.5) is 0 Å². The molecule has 5 heteroatoms. The second kappa shape index (κ2) is 6.20. The molecule has 0 aromatic carbocycles. The second-order valence-corrected chi connectivity index (χ2v) is 6.01. The van der Waals surface area contributed by atoms with Gasteiger partial charge in [-0.05, 0) is 28.4 Å². The number of aromatic nitrogens is 2. The van der Waals surface area contributed by atoms with E-state index in [0.29, 0.717) is 0 Å². The van der Waals surface area contributed by atoms with Gasteiger partial charge in [0.15, 0.2) is 5.12 Å². The number of carbonyl (C=O) groups excluding carboxylic acids is 1. The van der Waals surface area contributed by atoms with E-state index in [2.05, 4.69) is 38.0 Å². The summed E-state index contributed by atoms with van der Waals surface area (Å²) in [4.78, 5) is 18.2. The molecule has 2 rings (SSSR count). The van der Waals surface area contributed by atoms with Gasteiger partial charge in [-0.2, -0.15) is 0 Å². The predicted octanol–water partition coefficient (Wildman–Crippen LogP) is 4.01. The first kappa shape index (κ1) is 13.4. The van der Waals surface area contributed by atoms with Crippen molar-refractivity contribution in [3.63, 3.8) is 0 Å². The lowest BCUT2D eigenvalue weighted by Crippen LogP contribution is -1.83. The summed E-state index contributed by atoms with van der Waals surface area (Å²) in [6.07, 6.45) is 8.75. The predicted molar refractivity (Wildman–Crippen MR) is 80.6 cm³/mol. The number of pyridine rings is 1. The number of carbonyl (C=O) groups is 1. The Balaban J connectivity index is 2.05. The van der Waals surface area contributed by atoms with Crippen LogP contribution < -0.4 is 0 Å². The Morgan fingerprint density at radius 3 is 3.22 bits per heavy atom. The van der Waals surface area contributed by atoms with Crippen molar-refractivity contribution in [2.75, 3.05) is 5.75 Å². The first-order valence-electron chi connectivity index (χ1n) is 5.59. The fourth-order valence-corrected chi connectivity index (χ4v) is 2.49. The summed E-state index contributed by atoms with van der Waals surface area (Å²) in [6.45, 7) is 1.59. The molecule has 0 aliphatic heterocycles. The Bertz CT molecular complexity index is 592. The number of H-pyrrole nitrogens is 1. The first-order valence-corrected chi connectivity index (χ1v) is 7.37. The summed E-state index contributed by atoms with van der Waals surface area (Å²) in [6, 6.07) is 2.04. The molecule has 0 aliphatic carbocycles. The van der Waals surface area contributed by atoms with Crippen molar-refractivity contribution in [1.82, 2.24) is 9.97 Å². The molecular formula is C13H13BrN2OS. The molecule has 3 nitrogen and oxygen atoms in total. The van der Waals surface area contributed by atoms with Crippen LogP contribution in [0, 0.1) is 0 Å². The van der Waals surface area contributed by atoms with E-state index in [1.165, 1.54) is 11.8 Å². The zero-order valence-electron chi connectivity index (χ0n) is 9.94. The molecular weight excluding hydrogens is 312 g/mol. The summed E-state index contributed by atoms with van der Waals surface area (Å²) in [7, 11) is 0. The maximum Gasteiger partial charge on any atom is 0.185 e. The number of rotatable bonds is 4. The standard InChI is InChI=1S/C13H13BrN2OS/c1-9(17)18-5-3-2-4-10-7-15-13-12(10)6-11(14)8-16-13/h2,4,6-8H,3,5H2,1H3,(H,15,16). The summed E-state index contributed by atoms with van der Waals surface area (Å²) in [5, 5.41) is 1.27. The highest BCUT2D eigenvalue weighted by Gasteiger charge is 2.02. The fraction of sp³-hybridized carbons (Fsp3) is 0.231. The van der Waals surface area contributed by atoms with E-state index in [-0.39, 0.29) is 5.12 Å². The fourth-order valence-electron chi connectivity index (χ4n) is 1.62. The molecule has 18 heavy (non-hydrogen) atoms. The Kier molecular flexibility index (Phi) is 4.60. The minimum Gasteiger partial charge on any atom is -0.346 e. The second-order valence-electron chi connectivity index (χ2n) is 3.82. The molecule has 0 aliphatic rings. The van der Waals surface area contributed by atoms with Crippen molar-refractivity contribution in [2.24, 2.45) is 0 Å². The van der Waals surface area contributed by atoms with Gasteiger partial charge in [-0.3, -0.25) is 4.79 Å². The van der Waals surface area contributed by atoms with Crippen LogP contribution in [0.3, 0.4) is 0 Å². The molecule has 0 saturated heterocycles. The molecule has 0 bridgehead atoms. The molecule has 1 N–H and O–H groups in total. The van der Waals surface area contributed by atoms with E-state index in [1.54, 1.807) is 13.1 Å². The van der Waals surface area contributed by atoms with E-state index in [0.717, 1.165) is 33.2 Å². The molecule has 0 unspecified atom stereocenters. The third-order valence-electron chi connectivity index (χ3n) is 2.42. The zero-order valence-corrected chi connectivity index (χ0v) is 12.3. The Hall–Kier alpha value is -1.07. The van der Waals surface area contributed by atoms with Crippen molar-refractivity contribution in [3.8, 4) is 0 Å². The van der Waals surface area contributed by atoms with Crippen molar-refractivity contribution in [1.29, 1.82) is 0 Å². The van der Waals surface area contributed by atoms with E-state index in [4.69, 9.17) is 0 Å². The van der Waals surface area contributed by atoms with E-state index < -0.39 is 0 Å². The van der Waals surface area contributed by atoms with Gasteiger partial charge in [0, 0.05) is 40.5 Å². The smallest absolute Gasteiger partial charge is 0.185 e. The molecule has 0 radical (unpaired) electrons. The van der Waals surface area contributed by atoms with Crippen LogP contribution in [0.25, 0.3) is 17.1 Å². The monoisotopic (exact) mass is 324 g/mol. The third kappa shape index (κ3) is 3.46. The van der Waals surface area contributed by atoms with Crippen LogP contribution >= 0.6 is 27.7 Å². The highest BCUT2D eigenvalue weighted by Crippen LogP contribution is 2.21. The van der Waals surface area contributed by atoms with Gasteiger partial charge >= 0.3 is 0 Å². The van der Waals surface area contributed by atoms with E-state index in [1.807, 2.05) is 12.3 Å². The quantitative estimate of drug-likeness (QED) is 0.864. The summed E-state index contributed by atoms with van der Waals surface area (Å²) >= 11 is 4.78. The molecule has 2 heterocycles. The number of aromatic amines is 1. The van der Waals surface area contributed by atoms with Gasteiger partial charge in [-0.1, -0.05) is 23.9 Å². The maximum absolute atomic E-state index is 10.8. The average Bonchev–Trinajstić information content (AvgIpc) is 2.71. The molecule has 94 valence electrons. The van der Waals surface area contributed by atoms with E-state index >= 15 is 0 Å². The number of halogens is 1. The van der Waals surface area contributed by atoms with Gasteiger partial charge in [-0.15, -0.1) is 0 Å². The lowest BCUT2D eigenvalue weighted by Gasteiger charge is -1.94. The number of fused-ring (bicyclic) bond motifs is 1. The van der Waals surface area contributed by atoms with Crippen molar-refractivity contribution >= 4 is 49.9 Å². The lowest BCUT2D eigenvalue weighted by molar-refractivity contribution is -0.109. The highest BCUT2D eigenvalue weighted by atomic mass is 79.9. The maximum atomic E-state index is 10.8. The number of nitrogens with zero attached hydrogens (tertiary/aromatic N) is 1. The van der Waals surface area contributed by atoms with Gasteiger partial charge in [0.25, 0.3) is 0 Å². The minimum atomic E-state index is 0.170. The van der Waals surface area contributed by atoms with Crippen molar-refractivity contribution < 1.29 is 4.79 Å². The highest BCUT2D eigenvalue weighted by molar-refractivity contribution is 9.10. The molecule has 0 amide bonds. The van der Waals surface area contributed by atoms with Crippen molar-refractivity contribution in [2.45, 2.75) is 13.3 Å². The number of nitrogens with one attached hydrogen (secondary N) is 1. The zero-order chi connectivity index (χ0) is 13.0. The first-order chi connectivity index (χ1) is 8.66. The average molecular weight is 325 g/mol. The Labute approximate surface area is 118 Å². The lowest BCUT2D eigenvalue weighted by atomic mass is 10.2. The molecule has 0 atom stereocenters. The minimum absolute atomic E-state index is 0.170. The SMILES string of the molecule is CC(=O)SCCC=Cc1c[nH]c2ncc(Br)cc12. The topological polar surface area (TPSA) is 45.8 Å². The summed E-state index contributed by atoms with van der Waals surface area (Å²) < 4.78 is 0.969. The molecule has 0 spiro atoms. The van der Waals surface area contributed by atoms with Gasteiger partial charge in [0.2, 0.25) is 0 Å². The number of allylic oxidation sites excluding steroid dienone is 1. The molecule has 2 aromatic rings. The molecule has 2 aromatic heterocycles. The Morgan fingerprint density at radius 1 is 1.61 bits per heavy atom. The van der Waals surface area contributed by atoms with Crippen LogP contribution in [-0.4, -0.2) is 20.8 Å². The number of hydrogen-bond acceptors (Lipinski definition) is 3. The van der Waals surface area contributed by atoms with Crippen LogP contribution in [0.15, 0.2) is 29.0 Å². The summed E-state index contributed by atoms with van der Waals surface area (Å²) in [5.74, 6) is 0.829. The van der Waals surface area contributed by atoms with Gasteiger partial charge in [0.05, 0.1) is 0 Å². The van der Waals surface area contributed by atoms with Gasteiger partial charge in [-0.25, -0.2) is 4.98 Å². The normalized spacial score (nSPS) is 11.4. The van der Waals surface area contributed by atoms with Crippen LogP contribution in [-0.2, 0) is 4.79 Å². The van der Waals surface area contributed by atoms with Gasteiger partial charge < -0.3 is 4.98 Å². The Morgan fingerprint density at radius 2 is 2.44 bits per heavy atom. The van der Waals surface area contributed by atoms with Crippen LogP contribution in [0.5, 0.6) is 0 Å². The molecule has 0 fully saturated rings. The van der Waals surface area contributed by atoms with E-state index in [9.17, 15) is 4.79 Å². The number of thioether (sulfide) groups is 1. The van der Waals surface area contributed by atoms with Crippen LogP contribution in [0.1, 0.15) is 18.9 Å². The number of hydrogen-bond donors (Lipinski definition) is 1. The van der Waals surface area contributed by atoms with Crippen LogP contribution in [0.2, 0.25) is 0 Å². The summed E-state index contributed by atoms with van der Waals surface area (Å²) in [5.41, 5.74) is 2.00. The van der Waals surface area contributed by atoms with Gasteiger partial charge in [0.1, 0.15) is 5.65 Å². The molecule has 0 saturated carbocycles. The third-order valence-corrected chi connectivity index (χ3v) is 3.70. The van der Waals surface area contributed by atoms with Crippen molar-refractivity contribution in [3.05, 3.63) is 34.6 Å². The largest absolute Gasteiger partial charge is 0.346 e.